The lowest BCUT2D eigenvalue weighted by atomic mass is 10.2. The third-order valence-corrected chi connectivity index (χ3v) is 1.60. The van der Waals surface area contributed by atoms with Crippen LogP contribution in [0.15, 0.2) is 24.3 Å². The summed E-state index contributed by atoms with van der Waals surface area (Å²) in [7, 11) is 0. The highest BCUT2D eigenvalue weighted by molar-refractivity contribution is 5.31. The van der Waals surface area contributed by atoms with Crippen molar-refractivity contribution in [3.8, 4) is 5.75 Å². The van der Waals surface area contributed by atoms with Crippen LogP contribution in [0.3, 0.4) is 0 Å². The zero-order valence-corrected chi connectivity index (χ0v) is 7.21. The molecule has 3 N–H and O–H groups in total. The number of hydrogen-bond acceptors (Lipinski definition) is 3. The van der Waals surface area contributed by atoms with Crippen molar-refractivity contribution >= 4 is 0 Å². The van der Waals surface area contributed by atoms with E-state index in [-0.39, 0.29) is 0 Å². The van der Waals surface area contributed by atoms with E-state index in [4.69, 9.17) is 10.6 Å². The number of nitrogens with two attached hydrogens (primary N) is 1. The molecule has 0 unspecified atom stereocenters. The fourth-order valence-electron chi connectivity index (χ4n) is 0.938. The second-order valence-corrected chi connectivity index (χ2v) is 2.57. The predicted molar refractivity (Wildman–Crippen MR) is 48.9 cm³/mol. The average molecular weight is 166 g/mol. The molecule has 0 heterocycles. The molecule has 0 aliphatic rings. The number of nitrogens with one attached hydrogen (secondary N) is 1. The molecule has 12 heavy (non-hydrogen) atoms. The van der Waals surface area contributed by atoms with Crippen LogP contribution < -0.4 is 16.0 Å². The summed E-state index contributed by atoms with van der Waals surface area (Å²) in [6.07, 6.45) is 0. The Morgan fingerprint density at radius 1 is 1.42 bits per heavy atom. The van der Waals surface area contributed by atoms with Crippen molar-refractivity contribution in [1.29, 1.82) is 0 Å². The van der Waals surface area contributed by atoms with Gasteiger partial charge in [-0.05, 0) is 18.6 Å². The molecule has 1 rings (SSSR count). The highest BCUT2D eigenvalue weighted by Gasteiger charge is 1.95. The fourth-order valence-corrected chi connectivity index (χ4v) is 0.938. The molecule has 0 amide bonds. The second-order valence-electron chi connectivity index (χ2n) is 2.57. The molecule has 0 aromatic heterocycles. The SMILES string of the molecule is Cc1ccccc1OCCNN. The van der Waals surface area contributed by atoms with Crippen LogP contribution in [0.1, 0.15) is 5.56 Å². The van der Waals surface area contributed by atoms with E-state index in [0.29, 0.717) is 13.2 Å². The molecule has 66 valence electrons. The Labute approximate surface area is 72.5 Å². The molecule has 0 spiro atoms. The van der Waals surface area contributed by atoms with Gasteiger partial charge in [-0.15, -0.1) is 0 Å². The molecule has 0 fully saturated rings. The third-order valence-electron chi connectivity index (χ3n) is 1.60. The summed E-state index contributed by atoms with van der Waals surface area (Å²) >= 11 is 0. The quantitative estimate of drug-likeness (QED) is 0.396. The molecule has 3 nitrogen and oxygen atoms in total. The lowest BCUT2D eigenvalue weighted by molar-refractivity contribution is 0.313. The summed E-state index contributed by atoms with van der Waals surface area (Å²) in [6, 6.07) is 7.92. The van der Waals surface area contributed by atoms with Crippen molar-refractivity contribution < 1.29 is 4.74 Å². The van der Waals surface area contributed by atoms with Crippen molar-refractivity contribution in [2.24, 2.45) is 5.84 Å². The number of hydrogen-bond donors (Lipinski definition) is 2. The zero-order chi connectivity index (χ0) is 8.81. The topological polar surface area (TPSA) is 47.3 Å². The van der Waals surface area contributed by atoms with Crippen LogP contribution >= 0.6 is 0 Å². The summed E-state index contributed by atoms with van der Waals surface area (Å²) in [4.78, 5) is 0. The largest absolute Gasteiger partial charge is 0.492 e. The number of rotatable bonds is 4. The summed E-state index contributed by atoms with van der Waals surface area (Å²) in [5.41, 5.74) is 3.68. The van der Waals surface area contributed by atoms with E-state index in [9.17, 15) is 0 Å². The first-order valence-corrected chi connectivity index (χ1v) is 3.96. The van der Waals surface area contributed by atoms with Crippen LogP contribution in [0.5, 0.6) is 5.75 Å². The Kier molecular flexibility index (Phi) is 3.57. The molecular formula is C9H14N2O. The minimum absolute atomic E-state index is 0.599. The lowest BCUT2D eigenvalue weighted by Crippen LogP contribution is -2.27. The summed E-state index contributed by atoms with van der Waals surface area (Å²) in [6.45, 7) is 3.28. The van der Waals surface area contributed by atoms with E-state index in [0.717, 1.165) is 11.3 Å². The first kappa shape index (κ1) is 9.03. The van der Waals surface area contributed by atoms with E-state index in [1.54, 1.807) is 0 Å². The van der Waals surface area contributed by atoms with Gasteiger partial charge in [0.1, 0.15) is 12.4 Å². The van der Waals surface area contributed by atoms with Crippen molar-refractivity contribution in [2.75, 3.05) is 13.2 Å². The van der Waals surface area contributed by atoms with E-state index < -0.39 is 0 Å². The summed E-state index contributed by atoms with van der Waals surface area (Å²) in [5, 5.41) is 0. The maximum atomic E-state index is 5.43. The molecule has 0 atom stereocenters. The molecule has 0 bridgehead atoms. The molecule has 0 radical (unpaired) electrons. The normalized spacial score (nSPS) is 9.83. The Morgan fingerprint density at radius 2 is 2.17 bits per heavy atom. The number of benzene rings is 1. The van der Waals surface area contributed by atoms with Crippen molar-refractivity contribution in [3.63, 3.8) is 0 Å². The van der Waals surface area contributed by atoms with Crippen molar-refractivity contribution in [2.45, 2.75) is 6.92 Å². The number of aryl methyl sites for hydroxylation is 1. The van der Waals surface area contributed by atoms with E-state index in [1.165, 1.54) is 0 Å². The molecule has 0 saturated carbocycles. The molecule has 3 heteroatoms. The predicted octanol–water partition coefficient (Wildman–Crippen LogP) is 0.837. The van der Waals surface area contributed by atoms with E-state index in [1.807, 2.05) is 31.2 Å². The number of para-hydroxylation sites is 1. The molecular weight excluding hydrogens is 152 g/mol. The van der Waals surface area contributed by atoms with Gasteiger partial charge >= 0.3 is 0 Å². The second kappa shape index (κ2) is 4.74. The van der Waals surface area contributed by atoms with Crippen LogP contribution in [0.2, 0.25) is 0 Å². The summed E-state index contributed by atoms with van der Waals surface area (Å²) < 4.78 is 5.43. The maximum Gasteiger partial charge on any atom is 0.122 e. The average Bonchev–Trinajstić information content (AvgIpc) is 2.09. The molecule has 0 saturated heterocycles. The summed E-state index contributed by atoms with van der Waals surface area (Å²) in [5.74, 6) is 6.02. The van der Waals surface area contributed by atoms with E-state index >= 15 is 0 Å². The van der Waals surface area contributed by atoms with Crippen LogP contribution in [0, 0.1) is 6.92 Å². The van der Waals surface area contributed by atoms with Crippen LogP contribution in [-0.4, -0.2) is 13.2 Å². The van der Waals surface area contributed by atoms with Gasteiger partial charge in [0.05, 0.1) is 0 Å². The van der Waals surface area contributed by atoms with E-state index in [2.05, 4.69) is 5.43 Å². The molecule has 0 aliphatic heterocycles. The Bertz CT molecular complexity index is 238. The Hall–Kier alpha value is -1.06. The van der Waals surface area contributed by atoms with Gasteiger partial charge in [0, 0.05) is 6.54 Å². The highest BCUT2D eigenvalue weighted by Crippen LogP contribution is 2.15. The van der Waals surface area contributed by atoms with Crippen LogP contribution in [0.4, 0.5) is 0 Å². The Morgan fingerprint density at radius 3 is 2.83 bits per heavy atom. The third kappa shape index (κ3) is 2.53. The van der Waals surface area contributed by atoms with Crippen LogP contribution in [-0.2, 0) is 0 Å². The first-order valence-electron chi connectivity index (χ1n) is 3.96. The molecule has 1 aromatic carbocycles. The monoisotopic (exact) mass is 166 g/mol. The zero-order valence-electron chi connectivity index (χ0n) is 7.21. The fraction of sp³-hybridized carbons (Fsp3) is 0.333. The van der Waals surface area contributed by atoms with Gasteiger partial charge in [0.15, 0.2) is 0 Å². The molecule has 1 aromatic rings. The van der Waals surface area contributed by atoms with Crippen molar-refractivity contribution in [1.82, 2.24) is 5.43 Å². The standard InChI is InChI=1S/C9H14N2O/c1-8-4-2-3-5-9(8)12-7-6-11-10/h2-5,11H,6-7,10H2,1H3. The minimum Gasteiger partial charge on any atom is -0.492 e. The van der Waals surface area contributed by atoms with Gasteiger partial charge in [0.2, 0.25) is 0 Å². The highest BCUT2D eigenvalue weighted by atomic mass is 16.5. The van der Waals surface area contributed by atoms with Crippen molar-refractivity contribution in [3.05, 3.63) is 29.8 Å². The Balaban J connectivity index is 2.46. The first-order chi connectivity index (χ1) is 5.84. The minimum atomic E-state index is 0.599. The van der Waals surface area contributed by atoms with Gasteiger partial charge in [-0.3, -0.25) is 11.3 Å². The van der Waals surface area contributed by atoms with Gasteiger partial charge < -0.3 is 4.74 Å². The lowest BCUT2D eigenvalue weighted by Gasteiger charge is -2.07. The maximum absolute atomic E-state index is 5.43. The van der Waals surface area contributed by atoms with Gasteiger partial charge in [-0.25, -0.2) is 0 Å². The van der Waals surface area contributed by atoms with Gasteiger partial charge in [-0.1, -0.05) is 18.2 Å². The van der Waals surface area contributed by atoms with Gasteiger partial charge in [-0.2, -0.15) is 0 Å². The molecule has 0 aliphatic carbocycles. The number of hydrazine groups is 1. The van der Waals surface area contributed by atoms with Gasteiger partial charge in [0.25, 0.3) is 0 Å². The van der Waals surface area contributed by atoms with Crippen LogP contribution in [0.25, 0.3) is 0 Å². The smallest absolute Gasteiger partial charge is 0.122 e. The number of ether oxygens (including phenoxy) is 1.